The second-order valence-corrected chi connectivity index (χ2v) is 3.53. The molecule has 3 nitrogen and oxygen atoms in total. The highest BCUT2D eigenvalue weighted by Gasteiger charge is 2.10. The highest BCUT2D eigenvalue weighted by Crippen LogP contribution is 2.25. The van der Waals surface area contributed by atoms with Crippen molar-refractivity contribution in [2.45, 2.75) is 13.5 Å². The Morgan fingerprint density at radius 3 is 2.88 bits per heavy atom. The Labute approximate surface area is 97.4 Å². The van der Waals surface area contributed by atoms with Crippen LogP contribution < -0.4 is 4.74 Å². The first-order valence-corrected chi connectivity index (χ1v) is 5.23. The zero-order valence-electron chi connectivity index (χ0n) is 8.65. The summed E-state index contributed by atoms with van der Waals surface area (Å²) in [6.45, 7) is 2.52. The standard InChI is InChI=1S/C11H10ClFN2O/c1-2-15-10(12)7-14-11(15)16-9-6-4-3-5-8(9)13/h3-7H,2H2,1H3. The van der Waals surface area contributed by atoms with Gasteiger partial charge in [-0.1, -0.05) is 23.7 Å². The van der Waals surface area contributed by atoms with E-state index in [1.54, 1.807) is 16.7 Å². The molecule has 0 N–H and O–H groups in total. The fourth-order valence-corrected chi connectivity index (χ4v) is 1.57. The molecule has 0 aliphatic rings. The normalized spacial score (nSPS) is 10.4. The van der Waals surface area contributed by atoms with Crippen LogP contribution in [0.3, 0.4) is 0 Å². The summed E-state index contributed by atoms with van der Waals surface area (Å²) in [7, 11) is 0. The summed E-state index contributed by atoms with van der Waals surface area (Å²) >= 11 is 5.88. The molecule has 16 heavy (non-hydrogen) atoms. The maximum absolute atomic E-state index is 13.3. The third kappa shape index (κ3) is 2.02. The fraction of sp³-hybridized carbons (Fsp3) is 0.182. The number of nitrogens with zero attached hydrogens (tertiary/aromatic N) is 2. The summed E-state index contributed by atoms with van der Waals surface area (Å²) in [5.74, 6) is -0.288. The van der Waals surface area contributed by atoms with Crippen LogP contribution in [-0.2, 0) is 6.54 Å². The molecule has 2 aromatic rings. The van der Waals surface area contributed by atoms with Gasteiger partial charge in [-0.25, -0.2) is 9.37 Å². The predicted octanol–water partition coefficient (Wildman–Crippen LogP) is 3.49. The molecule has 1 aromatic carbocycles. The molecule has 0 fully saturated rings. The second kappa shape index (κ2) is 4.53. The van der Waals surface area contributed by atoms with E-state index < -0.39 is 5.82 Å². The molecule has 0 saturated carbocycles. The highest BCUT2D eigenvalue weighted by molar-refractivity contribution is 6.29. The Kier molecular flexibility index (Phi) is 3.10. The Morgan fingerprint density at radius 1 is 1.44 bits per heavy atom. The maximum atomic E-state index is 13.3. The minimum Gasteiger partial charge on any atom is -0.422 e. The van der Waals surface area contributed by atoms with Crippen molar-refractivity contribution >= 4 is 11.6 Å². The minimum absolute atomic E-state index is 0.138. The lowest BCUT2D eigenvalue weighted by Crippen LogP contribution is -1.99. The summed E-state index contributed by atoms with van der Waals surface area (Å²) in [6.07, 6.45) is 1.47. The molecule has 0 unspecified atom stereocenters. The van der Waals surface area contributed by atoms with E-state index in [0.717, 1.165) is 0 Å². The second-order valence-electron chi connectivity index (χ2n) is 3.14. The van der Waals surface area contributed by atoms with E-state index in [9.17, 15) is 4.39 Å². The largest absolute Gasteiger partial charge is 0.422 e. The molecule has 0 aliphatic carbocycles. The molecule has 1 heterocycles. The van der Waals surface area contributed by atoms with Gasteiger partial charge in [0.2, 0.25) is 0 Å². The SMILES string of the molecule is CCn1c(Cl)cnc1Oc1ccccc1F. The zero-order valence-corrected chi connectivity index (χ0v) is 9.41. The molecule has 0 aliphatic heterocycles. The number of rotatable bonds is 3. The number of hydrogen-bond donors (Lipinski definition) is 0. The van der Waals surface area contributed by atoms with Gasteiger partial charge in [0.05, 0.1) is 6.20 Å². The third-order valence-electron chi connectivity index (χ3n) is 2.12. The van der Waals surface area contributed by atoms with Crippen LogP contribution >= 0.6 is 11.6 Å². The Hall–Kier alpha value is -1.55. The van der Waals surface area contributed by atoms with Crippen molar-refractivity contribution in [2.24, 2.45) is 0 Å². The molecule has 0 spiro atoms. The molecule has 1 aromatic heterocycles. The number of halogens is 2. The summed E-state index contributed by atoms with van der Waals surface area (Å²) < 4.78 is 20.3. The van der Waals surface area contributed by atoms with E-state index in [4.69, 9.17) is 16.3 Å². The maximum Gasteiger partial charge on any atom is 0.303 e. The van der Waals surface area contributed by atoms with Gasteiger partial charge < -0.3 is 4.74 Å². The Bertz CT molecular complexity index is 498. The lowest BCUT2D eigenvalue weighted by Gasteiger charge is -2.07. The van der Waals surface area contributed by atoms with Crippen LogP contribution in [0.1, 0.15) is 6.92 Å². The lowest BCUT2D eigenvalue weighted by atomic mass is 10.3. The quantitative estimate of drug-likeness (QED) is 0.821. The van der Waals surface area contributed by atoms with Crippen molar-refractivity contribution in [3.8, 4) is 11.8 Å². The number of aromatic nitrogens is 2. The molecule has 0 bridgehead atoms. The molecule has 84 valence electrons. The van der Waals surface area contributed by atoms with Crippen molar-refractivity contribution in [3.05, 3.63) is 41.4 Å². The van der Waals surface area contributed by atoms with Crippen molar-refractivity contribution in [2.75, 3.05) is 0 Å². The average Bonchev–Trinajstić information content (AvgIpc) is 2.63. The van der Waals surface area contributed by atoms with Crippen molar-refractivity contribution in [1.82, 2.24) is 9.55 Å². The van der Waals surface area contributed by atoms with E-state index >= 15 is 0 Å². The minimum atomic E-state index is -0.427. The lowest BCUT2D eigenvalue weighted by molar-refractivity contribution is 0.391. The highest BCUT2D eigenvalue weighted by atomic mass is 35.5. The van der Waals surface area contributed by atoms with Crippen molar-refractivity contribution in [1.29, 1.82) is 0 Å². The summed E-state index contributed by atoms with van der Waals surface area (Å²) in [5, 5.41) is 0.467. The van der Waals surface area contributed by atoms with Gasteiger partial charge in [0, 0.05) is 6.54 Å². The fourth-order valence-electron chi connectivity index (χ4n) is 1.33. The van der Waals surface area contributed by atoms with Crippen LogP contribution in [0.25, 0.3) is 0 Å². The first-order chi connectivity index (χ1) is 7.72. The molecule has 0 saturated heterocycles. The van der Waals surface area contributed by atoms with Gasteiger partial charge in [-0.05, 0) is 19.1 Å². The first-order valence-electron chi connectivity index (χ1n) is 4.85. The molecular formula is C11H10ClFN2O. The zero-order chi connectivity index (χ0) is 11.5. The first kappa shape index (κ1) is 11.0. The molecular weight excluding hydrogens is 231 g/mol. The van der Waals surface area contributed by atoms with Crippen LogP contribution in [0.2, 0.25) is 5.15 Å². The Morgan fingerprint density at radius 2 is 2.19 bits per heavy atom. The Balaban J connectivity index is 2.31. The van der Waals surface area contributed by atoms with E-state index in [-0.39, 0.29) is 11.8 Å². The van der Waals surface area contributed by atoms with Gasteiger partial charge in [-0.3, -0.25) is 4.57 Å². The molecule has 0 radical (unpaired) electrons. The topological polar surface area (TPSA) is 27.1 Å². The average molecular weight is 241 g/mol. The van der Waals surface area contributed by atoms with Crippen LogP contribution in [0.4, 0.5) is 4.39 Å². The van der Waals surface area contributed by atoms with Crippen LogP contribution in [-0.4, -0.2) is 9.55 Å². The van der Waals surface area contributed by atoms with Crippen LogP contribution in [0.5, 0.6) is 11.8 Å². The van der Waals surface area contributed by atoms with Gasteiger partial charge in [0.15, 0.2) is 11.6 Å². The number of imidazole rings is 1. The van der Waals surface area contributed by atoms with Gasteiger partial charge in [0.25, 0.3) is 0 Å². The van der Waals surface area contributed by atoms with E-state index in [1.165, 1.54) is 18.3 Å². The van der Waals surface area contributed by atoms with E-state index in [2.05, 4.69) is 4.98 Å². The smallest absolute Gasteiger partial charge is 0.303 e. The third-order valence-corrected chi connectivity index (χ3v) is 2.43. The van der Waals surface area contributed by atoms with Crippen LogP contribution in [0.15, 0.2) is 30.5 Å². The van der Waals surface area contributed by atoms with Gasteiger partial charge in [0.1, 0.15) is 5.15 Å². The van der Waals surface area contributed by atoms with E-state index in [0.29, 0.717) is 11.7 Å². The van der Waals surface area contributed by atoms with Gasteiger partial charge in [-0.15, -0.1) is 0 Å². The molecule has 0 amide bonds. The van der Waals surface area contributed by atoms with Gasteiger partial charge >= 0.3 is 6.01 Å². The number of ether oxygens (including phenoxy) is 1. The van der Waals surface area contributed by atoms with Crippen molar-refractivity contribution < 1.29 is 9.13 Å². The van der Waals surface area contributed by atoms with Gasteiger partial charge in [-0.2, -0.15) is 0 Å². The number of para-hydroxylation sites is 1. The predicted molar refractivity (Wildman–Crippen MR) is 59.4 cm³/mol. The summed E-state index contributed by atoms with van der Waals surface area (Å²) in [4.78, 5) is 3.97. The van der Waals surface area contributed by atoms with E-state index in [1.807, 2.05) is 6.92 Å². The summed E-state index contributed by atoms with van der Waals surface area (Å²) in [5.41, 5.74) is 0. The molecule has 5 heteroatoms. The number of hydrogen-bond acceptors (Lipinski definition) is 2. The van der Waals surface area contributed by atoms with Crippen molar-refractivity contribution in [3.63, 3.8) is 0 Å². The number of benzene rings is 1. The summed E-state index contributed by atoms with van der Waals surface area (Å²) in [6, 6.07) is 6.45. The monoisotopic (exact) mass is 240 g/mol. The molecule has 0 atom stereocenters. The molecule has 2 rings (SSSR count). The van der Waals surface area contributed by atoms with Crippen LogP contribution in [0, 0.1) is 5.82 Å².